The van der Waals surface area contributed by atoms with E-state index < -0.39 is 0 Å². The quantitative estimate of drug-likeness (QED) is 0.727. The Labute approximate surface area is 162 Å². The second-order valence-electron chi connectivity index (χ2n) is 6.73. The first-order chi connectivity index (χ1) is 13.0. The minimum Gasteiger partial charge on any atom is -0.325 e. The van der Waals surface area contributed by atoms with Crippen LogP contribution in [-0.4, -0.2) is 26.0 Å². The highest BCUT2D eigenvalue weighted by atomic mass is 32.2. The van der Waals surface area contributed by atoms with Crippen LogP contribution in [0.25, 0.3) is 0 Å². The third kappa shape index (κ3) is 3.42. The molecular formula is C20H21N5OS. The van der Waals surface area contributed by atoms with Gasteiger partial charge in [-0.1, -0.05) is 59.8 Å². The molecule has 0 saturated heterocycles. The lowest BCUT2D eigenvalue weighted by molar-refractivity contribution is -0.116. The first kappa shape index (κ1) is 17.6. The molecular weight excluding hydrogens is 358 g/mol. The third-order valence-corrected chi connectivity index (χ3v) is 5.91. The number of benzene rings is 2. The number of hydrogen-bond acceptors (Lipinski definition) is 5. The van der Waals surface area contributed by atoms with Crippen LogP contribution in [0.1, 0.15) is 28.6 Å². The summed E-state index contributed by atoms with van der Waals surface area (Å²) in [6.45, 7) is 5.93. The number of thioether (sulfide) groups is 1. The predicted octanol–water partition coefficient (Wildman–Crippen LogP) is 3.60. The van der Waals surface area contributed by atoms with Crippen LogP contribution in [0, 0.1) is 20.8 Å². The van der Waals surface area contributed by atoms with Crippen LogP contribution in [0.5, 0.6) is 0 Å². The van der Waals surface area contributed by atoms with Gasteiger partial charge >= 0.3 is 0 Å². The van der Waals surface area contributed by atoms with Crippen LogP contribution >= 0.6 is 11.8 Å². The highest BCUT2D eigenvalue weighted by molar-refractivity contribution is 8.00. The number of hydrogen-bond donors (Lipinski definition) is 2. The minimum atomic E-state index is -0.372. The van der Waals surface area contributed by atoms with Crippen molar-refractivity contribution >= 4 is 23.4 Å². The number of aryl methyl sites for hydroxylation is 3. The summed E-state index contributed by atoms with van der Waals surface area (Å²) >= 11 is 1.43. The number of amides is 1. The second-order valence-corrected chi connectivity index (χ2v) is 7.83. The minimum absolute atomic E-state index is 0.0562. The second kappa shape index (κ2) is 7.08. The zero-order valence-corrected chi connectivity index (χ0v) is 16.2. The summed E-state index contributed by atoms with van der Waals surface area (Å²) in [7, 11) is 0. The number of carbonyl (C=O) groups excluding carboxylic acids is 1. The maximum absolute atomic E-state index is 13.2. The van der Waals surface area contributed by atoms with Crippen molar-refractivity contribution in [1.29, 1.82) is 0 Å². The number of nitrogens with one attached hydrogen (secondary N) is 2. The van der Waals surface area contributed by atoms with Crippen molar-refractivity contribution < 1.29 is 4.79 Å². The third-order valence-electron chi connectivity index (χ3n) is 4.70. The van der Waals surface area contributed by atoms with E-state index in [1.807, 2.05) is 42.8 Å². The molecule has 0 fully saturated rings. The molecule has 2 heterocycles. The fraction of sp³-hybridized carbons (Fsp3) is 0.250. The molecule has 0 bridgehead atoms. The summed E-state index contributed by atoms with van der Waals surface area (Å²) < 4.78 is 1.85. The van der Waals surface area contributed by atoms with Gasteiger partial charge in [-0.15, -0.1) is 10.2 Å². The molecule has 0 saturated carbocycles. The number of carbonyl (C=O) groups is 1. The highest BCUT2D eigenvalue weighted by Gasteiger charge is 2.37. The van der Waals surface area contributed by atoms with Crippen LogP contribution in [-0.2, 0) is 4.79 Å². The van der Waals surface area contributed by atoms with E-state index in [0.717, 1.165) is 22.6 Å². The molecule has 1 amide bonds. The maximum atomic E-state index is 13.2. The van der Waals surface area contributed by atoms with Crippen molar-refractivity contribution in [1.82, 2.24) is 14.9 Å². The summed E-state index contributed by atoms with van der Waals surface area (Å²) in [6, 6.07) is 15.8. The maximum Gasteiger partial charge on any atom is 0.240 e. The van der Waals surface area contributed by atoms with Crippen LogP contribution < -0.4 is 10.7 Å². The van der Waals surface area contributed by atoms with Crippen molar-refractivity contribution in [3.05, 3.63) is 71.0 Å². The molecule has 2 aromatic carbocycles. The molecule has 2 atom stereocenters. The Balaban J connectivity index is 1.68. The molecule has 27 heavy (non-hydrogen) atoms. The molecule has 0 radical (unpaired) electrons. The molecule has 2 unspecified atom stereocenters. The average Bonchev–Trinajstić information content (AvgIpc) is 3.03. The number of fused-ring (bicyclic) bond motifs is 1. The Morgan fingerprint density at radius 1 is 1.07 bits per heavy atom. The first-order valence-corrected chi connectivity index (χ1v) is 9.69. The van der Waals surface area contributed by atoms with E-state index in [9.17, 15) is 4.79 Å². The van der Waals surface area contributed by atoms with Gasteiger partial charge < -0.3 is 10.7 Å². The number of aromatic nitrogens is 3. The van der Waals surface area contributed by atoms with Gasteiger partial charge in [0.05, 0.1) is 6.04 Å². The fourth-order valence-electron chi connectivity index (χ4n) is 3.10. The predicted molar refractivity (Wildman–Crippen MR) is 107 cm³/mol. The number of rotatable bonds is 3. The standard InChI is InChI=1S/C20H21N5OS/c1-12-8-10-15(11-9-12)17-18(27-20-23-22-14(3)25(20)24-17)19(26)21-16-7-5-4-6-13(16)2/h4-11,17-18,24H,1-3H3,(H,21,26). The van der Waals surface area contributed by atoms with E-state index in [1.165, 1.54) is 17.3 Å². The van der Waals surface area contributed by atoms with Crippen molar-refractivity contribution in [2.75, 3.05) is 10.7 Å². The average molecular weight is 379 g/mol. The van der Waals surface area contributed by atoms with Crippen molar-refractivity contribution in [2.45, 2.75) is 37.2 Å². The SMILES string of the molecule is Cc1ccc(C2Nn3c(C)nnc3SC2C(=O)Nc2ccccc2C)cc1. The Kier molecular flexibility index (Phi) is 4.61. The Morgan fingerprint density at radius 2 is 1.81 bits per heavy atom. The lowest BCUT2D eigenvalue weighted by Crippen LogP contribution is -2.41. The first-order valence-electron chi connectivity index (χ1n) is 8.81. The van der Waals surface area contributed by atoms with E-state index in [-0.39, 0.29) is 17.2 Å². The smallest absolute Gasteiger partial charge is 0.240 e. The summed E-state index contributed by atoms with van der Waals surface area (Å²) in [5.74, 6) is 0.714. The lowest BCUT2D eigenvalue weighted by atomic mass is 10.0. The molecule has 2 N–H and O–H groups in total. The van der Waals surface area contributed by atoms with Gasteiger partial charge in [0.1, 0.15) is 11.1 Å². The van der Waals surface area contributed by atoms with Gasteiger partial charge in [-0.25, -0.2) is 4.68 Å². The van der Waals surface area contributed by atoms with E-state index in [4.69, 9.17) is 0 Å². The molecule has 1 aromatic heterocycles. The normalized spacial score (nSPS) is 18.5. The summed E-state index contributed by atoms with van der Waals surface area (Å²) in [5, 5.41) is 11.7. The van der Waals surface area contributed by atoms with E-state index in [2.05, 4.69) is 52.1 Å². The van der Waals surface area contributed by atoms with Crippen molar-refractivity contribution in [3.63, 3.8) is 0 Å². The van der Waals surface area contributed by atoms with Gasteiger partial charge in [-0.2, -0.15) is 0 Å². The zero-order valence-electron chi connectivity index (χ0n) is 15.4. The number of para-hydroxylation sites is 1. The van der Waals surface area contributed by atoms with Gasteiger partial charge in [0.15, 0.2) is 0 Å². The van der Waals surface area contributed by atoms with Gasteiger partial charge in [0.2, 0.25) is 11.1 Å². The molecule has 4 rings (SSSR count). The molecule has 3 aromatic rings. The van der Waals surface area contributed by atoms with Gasteiger partial charge in [0, 0.05) is 5.69 Å². The van der Waals surface area contributed by atoms with Crippen molar-refractivity contribution in [2.24, 2.45) is 0 Å². The lowest BCUT2D eigenvalue weighted by Gasteiger charge is -2.33. The van der Waals surface area contributed by atoms with E-state index >= 15 is 0 Å². The number of nitrogens with zero attached hydrogens (tertiary/aromatic N) is 3. The van der Waals surface area contributed by atoms with Crippen LogP contribution in [0.4, 0.5) is 5.69 Å². The molecule has 138 valence electrons. The zero-order chi connectivity index (χ0) is 19.0. The van der Waals surface area contributed by atoms with Crippen LogP contribution in [0.3, 0.4) is 0 Å². The van der Waals surface area contributed by atoms with Gasteiger partial charge in [-0.05, 0) is 38.0 Å². The summed E-state index contributed by atoms with van der Waals surface area (Å²) in [4.78, 5) is 13.2. The van der Waals surface area contributed by atoms with E-state index in [0.29, 0.717) is 5.16 Å². The molecule has 0 spiro atoms. The monoisotopic (exact) mass is 379 g/mol. The van der Waals surface area contributed by atoms with Gasteiger partial charge in [0.25, 0.3) is 0 Å². The Bertz CT molecular complexity index is 982. The Hall–Kier alpha value is -2.80. The largest absolute Gasteiger partial charge is 0.325 e. The van der Waals surface area contributed by atoms with Crippen LogP contribution in [0.15, 0.2) is 53.7 Å². The Morgan fingerprint density at radius 3 is 2.56 bits per heavy atom. The molecule has 0 aliphatic carbocycles. The topological polar surface area (TPSA) is 71.8 Å². The van der Waals surface area contributed by atoms with E-state index in [1.54, 1.807) is 0 Å². The fourth-order valence-corrected chi connectivity index (χ4v) is 4.23. The molecule has 1 aliphatic heterocycles. The molecule has 6 nitrogen and oxygen atoms in total. The molecule has 1 aliphatic rings. The summed E-state index contributed by atoms with van der Waals surface area (Å²) in [5.41, 5.74) is 7.52. The highest BCUT2D eigenvalue weighted by Crippen LogP contribution is 2.37. The van der Waals surface area contributed by atoms with Crippen LogP contribution in [0.2, 0.25) is 0 Å². The number of anilines is 1. The molecule has 7 heteroatoms. The van der Waals surface area contributed by atoms with Gasteiger partial charge in [-0.3, -0.25) is 4.79 Å². The summed E-state index contributed by atoms with van der Waals surface area (Å²) in [6.07, 6.45) is 0. The van der Waals surface area contributed by atoms with Crippen molar-refractivity contribution in [3.8, 4) is 0 Å².